The van der Waals surface area contributed by atoms with Crippen molar-refractivity contribution in [1.82, 2.24) is 0 Å². The maximum atomic E-state index is 13.1. The van der Waals surface area contributed by atoms with E-state index < -0.39 is 5.60 Å². The van der Waals surface area contributed by atoms with E-state index in [0.717, 1.165) is 30.4 Å². The Morgan fingerprint density at radius 1 is 1.10 bits per heavy atom. The Balaban J connectivity index is 2.00. The summed E-state index contributed by atoms with van der Waals surface area (Å²) in [5.41, 5.74) is 1.17. The molecule has 1 aromatic rings. The molecule has 1 aliphatic carbocycles. The molecule has 0 spiro atoms. The van der Waals surface area contributed by atoms with E-state index in [4.69, 9.17) is 21.1 Å². The van der Waals surface area contributed by atoms with Crippen LogP contribution in [0.15, 0.2) is 48.6 Å². The molecule has 3 unspecified atom stereocenters. The predicted molar refractivity (Wildman–Crippen MR) is 130 cm³/mol. The highest BCUT2D eigenvalue weighted by Gasteiger charge is 2.40. The van der Waals surface area contributed by atoms with Crippen molar-refractivity contribution >= 4 is 23.1 Å². The first kappa shape index (κ1) is 25.7. The third-order valence-electron chi connectivity index (χ3n) is 6.10. The van der Waals surface area contributed by atoms with E-state index in [0.29, 0.717) is 18.9 Å². The van der Waals surface area contributed by atoms with Crippen LogP contribution in [0.4, 0.5) is 0 Å². The van der Waals surface area contributed by atoms with Crippen LogP contribution in [-0.4, -0.2) is 30.2 Å². The van der Waals surface area contributed by atoms with Crippen LogP contribution in [0.3, 0.4) is 0 Å². The summed E-state index contributed by atoms with van der Waals surface area (Å²) in [6.07, 6.45) is 14.4. The zero-order valence-corrected chi connectivity index (χ0v) is 20.2. The number of carbonyl (C=O) groups excluding carboxylic acids is 1. The minimum atomic E-state index is -1.06. The van der Waals surface area contributed by atoms with Crippen molar-refractivity contribution in [2.24, 2.45) is 5.92 Å². The number of alkyl halides is 1. The van der Waals surface area contributed by atoms with Gasteiger partial charge in [0.1, 0.15) is 6.61 Å². The summed E-state index contributed by atoms with van der Waals surface area (Å²) in [4.78, 5) is 13.1. The van der Waals surface area contributed by atoms with Gasteiger partial charge in [0.2, 0.25) is 0 Å². The van der Waals surface area contributed by atoms with Crippen molar-refractivity contribution in [3.63, 3.8) is 0 Å². The minimum absolute atomic E-state index is 0.187. The highest BCUT2D eigenvalue weighted by molar-refractivity contribution is 6.21. The molecule has 1 aliphatic rings. The number of ether oxygens (including phenoxy) is 2. The summed E-state index contributed by atoms with van der Waals surface area (Å²) in [6, 6.07) is 10.2. The number of hydrogen-bond donors (Lipinski definition) is 0. The molecule has 0 radical (unpaired) electrons. The first-order valence-electron chi connectivity index (χ1n) is 11.9. The Hall–Kier alpha value is -1.58. The summed E-state index contributed by atoms with van der Waals surface area (Å²) < 4.78 is 11.8. The molecule has 0 aromatic heterocycles. The van der Waals surface area contributed by atoms with E-state index in [9.17, 15) is 4.79 Å². The van der Waals surface area contributed by atoms with Crippen LogP contribution >= 0.6 is 11.6 Å². The van der Waals surface area contributed by atoms with Crippen LogP contribution in [0.5, 0.6) is 0 Å². The number of unbranched alkanes of at least 4 members (excludes halogenated alkanes) is 5. The fourth-order valence-corrected chi connectivity index (χ4v) is 3.86. The van der Waals surface area contributed by atoms with Gasteiger partial charge in [-0.25, -0.2) is 4.79 Å². The Morgan fingerprint density at radius 2 is 1.81 bits per heavy atom. The van der Waals surface area contributed by atoms with Gasteiger partial charge in [-0.05, 0) is 29.6 Å². The monoisotopic (exact) mass is 446 g/mol. The van der Waals surface area contributed by atoms with Crippen LogP contribution in [0.25, 0.3) is 5.57 Å². The summed E-state index contributed by atoms with van der Waals surface area (Å²) in [7, 11) is 0. The van der Waals surface area contributed by atoms with Crippen molar-refractivity contribution in [3.8, 4) is 0 Å². The number of hydrogen-bond acceptors (Lipinski definition) is 3. The van der Waals surface area contributed by atoms with Gasteiger partial charge in [0.25, 0.3) is 0 Å². The van der Waals surface area contributed by atoms with Gasteiger partial charge in [0.15, 0.2) is 5.60 Å². The number of rotatable bonds is 14. The van der Waals surface area contributed by atoms with Crippen LogP contribution in [0.2, 0.25) is 0 Å². The molecule has 0 fully saturated rings. The number of halogens is 1. The number of benzene rings is 1. The van der Waals surface area contributed by atoms with Crippen molar-refractivity contribution in [3.05, 3.63) is 54.1 Å². The average Bonchev–Trinajstić information content (AvgIpc) is 2.82. The molecule has 3 atom stereocenters. The number of esters is 1. The van der Waals surface area contributed by atoms with Gasteiger partial charge >= 0.3 is 5.97 Å². The number of carbonyl (C=O) groups is 1. The Kier molecular flexibility index (Phi) is 11.4. The molecule has 1 aromatic carbocycles. The molecule has 0 saturated heterocycles. The summed E-state index contributed by atoms with van der Waals surface area (Å²) in [6.45, 7) is 7.15. The summed E-state index contributed by atoms with van der Waals surface area (Å²) >= 11 is 6.40. The zero-order chi connectivity index (χ0) is 22.5. The van der Waals surface area contributed by atoms with Gasteiger partial charge in [-0.2, -0.15) is 0 Å². The minimum Gasteiger partial charge on any atom is -0.462 e. The second-order valence-corrected chi connectivity index (χ2v) is 9.13. The third kappa shape index (κ3) is 8.12. The van der Waals surface area contributed by atoms with Crippen LogP contribution in [0.1, 0.15) is 77.7 Å². The highest BCUT2D eigenvalue weighted by Crippen LogP contribution is 2.31. The molecule has 0 heterocycles. The maximum absolute atomic E-state index is 13.1. The largest absolute Gasteiger partial charge is 0.462 e. The van der Waals surface area contributed by atoms with E-state index in [-0.39, 0.29) is 18.0 Å². The van der Waals surface area contributed by atoms with E-state index in [1.165, 1.54) is 25.7 Å². The standard InChI is InChI=1S/C27H39ClO3/c1-4-6-7-8-9-13-20-31-27(26(29)30-21-25(28)22(3)5-2)18-16-24(17-19-27)23-14-11-10-12-15-23/h10-12,14-18,22,25H,4-9,13,19-21H2,1-3H3. The fraction of sp³-hybridized carbons (Fsp3) is 0.593. The van der Waals surface area contributed by atoms with E-state index in [2.05, 4.69) is 39.0 Å². The smallest absolute Gasteiger partial charge is 0.342 e. The Labute approximate surface area is 193 Å². The maximum Gasteiger partial charge on any atom is 0.342 e. The van der Waals surface area contributed by atoms with Crippen molar-refractivity contribution in [2.75, 3.05) is 13.2 Å². The van der Waals surface area contributed by atoms with Crippen molar-refractivity contribution in [2.45, 2.75) is 83.1 Å². The lowest BCUT2D eigenvalue weighted by atomic mass is 9.89. The molecule has 0 N–H and O–H groups in total. The molecule has 31 heavy (non-hydrogen) atoms. The quantitative estimate of drug-likeness (QED) is 0.170. The molecule has 0 bridgehead atoms. The molecule has 0 aliphatic heterocycles. The number of allylic oxidation sites excluding steroid dienone is 2. The van der Waals surface area contributed by atoms with Crippen molar-refractivity contribution in [1.29, 1.82) is 0 Å². The second-order valence-electron chi connectivity index (χ2n) is 8.57. The lowest BCUT2D eigenvalue weighted by molar-refractivity contribution is -0.166. The molecular weight excluding hydrogens is 408 g/mol. The van der Waals surface area contributed by atoms with Crippen LogP contribution in [-0.2, 0) is 14.3 Å². The van der Waals surface area contributed by atoms with Gasteiger partial charge in [0.05, 0.1) is 5.38 Å². The lowest BCUT2D eigenvalue weighted by Crippen LogP contribution is -2.43. The molecular formula is C27H39ClO3. The molecule has 2 rings (SSSR count). The van der Waals surface area contributed by atoms with Crippen LogP contribution in [0, 0.1) is 5.92 Å². The molecule has 0 saturated carbocycles. The average molecular weight is 447 g/mol. The summed E-state index contributed by atoms with van der Waals surface area (Å²) in [5.74, 6) is -0.0482. The lowest BCUT2D eigenvalue weighted by Gasteiger charge is -2.31. The molecule has 3 nitrogen and oxygen atoms in total. The van der Waals surface area contributed by atoms with Gasteiger partial charge in [-0.15, -0.1) is 11.6 Å². The SMILES string of the molecule is CCCCCCCCOC1(C(=O)OCC(Cl)C(C)CC)C=CC(c2ccccc2)=CC1. The van der Waals surface area contributed by atoms with E-state index >= 15 is 0 Å². The molecule has 0 amide bonds. The van der Waals surface area contributed by atoms with Gasteiger partial charge in [-0.1, -0.05) is 102 Å². The fourth-order valence-electron chi connectivity index (χ4n) is 3.62. The predicted octanol–water partition coefficient (Wildman–Crippen LogP) is 7.34. The van der Waals surface area contributed by atoms with Gasteiger partial charge in [-0.3, -0.25) is 0 Å². The Bertz CT molecular complexity index is 712. The summed E-state index contributed by atoms with van der Waals surface area (Å²) in [5, 5.41) is -0.187. The van der Waals surface area contributed by atoms with E-state index in [1.54, 1.807) is 0 Å². The highest BCUT2D eigenvalue weighted by atomic mass is 35.5. The topological polar surface area (TPSA) is 35.5 Å². The van der Waals surface area contributed by atoms with Crippen LogP contribution < -0.4 is 0 Å². The zero-order valence-electron chi connectivity index (χ0n) is 19.4. The first-order valence-corrected chi connectivity index (χ1v) is 12.4. The van der Waals surface area contributed by atoms with E-state index in [1.807, 2.05) is 30.4 Å². The second kappa shape index (κ2) is 13.8. The molecule has 172 valence electrons. The first-order chi connectivity index (χ1) is 15.0. The normalized spacial score (nSPS) is 20.2. The van der Waals surface area contributed by atoms with Gasteiger partial charge in [0, 0.05) is 13.0 Å². The third-order valence-corrected chi connectivity index (χ3v) is 6.66. The molecule has 4 heteroatoms. The Morgan fingerprint density at radius 3 is 2.45 bits per heavy atom. The van der Waals surface area contributed by atoms with Gasteiger partial charge < -0.3 is 9.47 Å². The van der Waals surface area contributed by atoms with Crippen molar-refractivity contribution < 1.29 is 14.3 Å².